The van der Waals surface area contributed by atoms with E-state index in [-0.39, 0.29) is 18.2 Å². The fourth-order valence-electron chi connectivity index (χ4n) is 1.80. The van der Waals surface area contributed by atoms with Gasteiger partial charge in [-0.3, -0.25) is 5.43 Å². The first-order valence-electron chi connectivity index (χ1n) is 6.44. The lowest BCUT2D eigenvalue weighted by molar-refractivity contribution is 0.340. The number of halogens is 1. The van der Waals surface area contributed by atoms with E-state index in [0.717, 1.165) is 11.3 Å². The number of aryl methyl sites for hydroxylation is 1. The summed E-state index contributed by atoms with van der Waals surface area (Å²) < 4.78 is 10.2. The molecular formula is C16H19ClN2O3. The number of ether oxygens (including phenoxy) is 2. The van der Waals surface area contributed by atoms with Crippen LogP contribution in [0.3, 0.4) is 0 Å². The number of hydrazone groups is 1. The Balaban J connectivity index is 0.00000242. The fraction of sp³-hybridized carbons (Fsp3) is 0.188. The van der Waals surface area contributed by atoms with Crippen molar-refractivity contribution in [2.45, 2.75) is 6.92 Å². The van der Waals surface area contributed by atoms with Gasteiger partial charge in [-0.1, -0.05) is 17.7 Å². The Kier molecular flexibility index (Phi) is 6.53. The molecule has 0 aliphatic rings. The van der Waals surface area contributed by atoms with E-state index in [2.05, 4.69) is 10.5 Å². The van der Waals surface area contributed by atoms with Crippen LogP contribution in [-0.2, 0) is 0 Å². The summed E-state index contributed by atoms with van der Waals surface area (Å²) in [5, 5.41) is 14.0. The van der Waals surface area contributed by atoms with Gasteiger partial charge in [0.2, 0.25) is 5.75 Å². The first kappa shape index (κ1) is 17.7. The minimum atomic E-state index is -0.0244. The predicted molar refractivity (Wildman–Crippen MR) is 90.9 cm³/mol. The maximum absolute atomic E-state index is 9.83. The zero-order chi connectivity index (χ0) is 15.2. The van der Waals surface area contributed by atoms with Gasteiger partial charge in [-0.15, -0.1) is 12.4 Å². The van der Waals surface area contributed by atoms with E-state index >= 15 is 0 Å². The molecule has 2 N–H and O–H groups in total. The van der Waals surface area contributed by atoms with Crippen molar-refractivity contribution >= 4 is 24.3 Å². The number of rotatable bonds is 5. The van der Waals surface area contributed by atoms with Crippen LogP contribution in [0.25, 0.3) is 0 Å². The van der Waals surface area contributed by atoms with Crippen LogP contribution < -0.4 is 14.9 Å². The number of nitrogens with one attached hydrogen (secondary N) is 1. The number of hydrogen-bond donors (Lipinski definition) is 2. The van der Waals surface area contributed by atoms with Gasteiger partial charge >= 0.3 is 0 Å². The first-order valence-corrected chi connectivity index (χ1v) is 6.44. The number of hydrogen-bond acceptors (Lipinski definition) is 5. The van der Waals surface area contributed by atoms with Crippen LogP contribution in [0.2, 0.25) is 0 Å². The van der Waals surface area contributed by atoms with Gasteiger partial charge in [0, 0.05) is 5.56 Å². The third kappa shape index (κ3) is 4.30. The van der Waals surface area contributed by atoms with Crippen molar-refractivity contribution in [3.05, 3.63) is 47.5 Å². The first-order chi connectivity index (χ1) is 10.1. The summed E-state index contributed by atoms with van der Waals surface area (Å²) in [6.07, 6.45) is 1.63. The number of phenolic OH excluding ortho intramolecular Hbond substituents is 1. The number of aromatic hydroxyl groups is 1. The smallest absolute Gasteiger partial charge is 0.200 e. The van der Waals surface area contributed by atoms with Gasteiger partial charge in [0.25, 0.3) is 0 Å². The second kappa shape index (κ2) is 8.14. The zero-order valence-corrected chi connectivity index (χ0v) is 13.5. The monoisotopic (exact) mass is 322 g/mol. The van der Waals surface area contributed by atoms with E-state index in [0.29, 0.717) is 11.5 Å². The molecule has 0 aromatic heterocycles. The summed E-state index contributed by atoms with van der Waals surface area (Å²) in [6.45, 7) is 2.03. The summed E-state index contributed by atoms with van der Waals surface area (Å²) in [4.78, 5) is 0. The molecule has 0 aliphatic carbocycles. The van der Waals surface area contributed by atoms with Crippen molar-refractivity contribution in [2.75, 3.05) is 19.6 Å². The quantitative estimate of drug-likeness (QED) is 0.652. The fourth-order valence-corrected chi connectivity index (χ4v) is 1.80. The van der Waals surface area contributed by atoms with Crippen LogP contribution in [-0.4, -0.2) is 25.5 Å². The normalized spacial score (nSPS) is 10.1. The number of anilines is 1. The third-order valence-corrected chi connectivity index (χ3v) is 2.96. The van der Waals surface area contributed by atoms with Crippen molar-refractivity contribution in [1.29, 1.82) is 0 Å². The van der Waals surface area contributed by atoms with Gasteiger partial charge in [0.15, 0.2) is 11.5 Å². The molecule has 0 saturated heterocycles. The lowest BCUT2D eigenvalue weighted by Gasteiger charge is -2.09. The summed E-state index contributed by atoms with van der Waals surface area (Å²) in [6, 6.07) is 11.3. The Bertz CT molecular complexity index is 617. The molecule has 0 fully saturated rings. The molecule has 2 aromatic carbocycles. The highest BCUT2D eigenvalue weighted by Crippen LogP contribution is 2.36. The Morgan fingerprint density at radius 3 is 2.09 bits per heavy atom. The Morgan fingerprint density at radius 2 is 1.59 bits per heavy atom. The topological polar surface area (TPSA) is 63.1 Å². The SMILES string of the molecule is COc1cc(C=NNc2ccc(C)cc2)cc(OC)c1O.Cl. The molecule has 118 valence electrons. The molecule has 2 rings (SSSR count). The molecule has 0 atom stereocenters. The van der Waals surface area contributed by atoms with Gasteiger partial charge < -0.3 is 14.6 Å². The molecule has 0 radical (unpaired) electrons. The van der Waals surface area contributed by atoms with Gasteiger partial charge in [-0.25, -0.2) is 0 Å². The molecule has 0 heterocycles. The highest BCUT2D eigenvalue weighted by Gasteiger charge is 2.10. The van der Waals surface area contributed by atoms with Gasteiger partial charge in [-0.05, 0) is 31.2 Å². The highest BCUT2D eigenvalue weighted by atomic mass is 35.5. The number of nitrogens with zero attached hydrogens (tertiary/aromatic N) is 1. The van der Waals surface area contributed by atoms with Crippen molar-refractivity contribution < 1.29 is 14.6 Å². The van der Waals surface area contributed by atoms with E-state index in [4.69, 9.17) is 9.47 Å². The Hall–Kier alpha value is -2.40. The number of benzene rings is 2. The summed E-state index contributed by atoms with van der Waals surface area (Å²) in [7, 11) is 2.97. The van der Waals surface area contributed by atoms with Gasteiger partial charge in [-0.2, -0.15) is 5.10 Å². The molecule has 6 heteroatoms. The minimum absolute atomic E-state index is 0. The molecule has 0 amide bonds. The molecule has 0 aliphatic heterocycles. The molecule has 22 heavy (non-hydrogen) atoms. The predicted octanol–water partition coefficient (Wildman–Crippen LogP) is 3.59. The molecule has 0 unspecified atom stereocenters. The van der Waals surface area contributed by atoms with Crippen molar-refractivity contribution in [2.24, 2.45) is 5.10 Å². The molecule has 0 bridgehead atoms. The van der Waals surface area contributed by atoms with E-state index < -0.39 is 0 Å². The van der Waals surface area contributed by atoms with Crippen molar-refractivity contribution in [1.82, 2.24) is 0 Å². The molecule has 2 aromatic rings. The van der Waals surface area contributed by atoms with Crippen molar-refractivity contribution in [3.63, 3.8) is 0 Å². The molecule has 0 spiro atoms. The summed E-state index contributed by atoms with van der Waals surface area (Å²) in [5.74, 6) is 0.654. The van der Waals surface area contributed by atoms with E-state index in [1.807, 2.05) is 31.2 Å². The van der Waals surface area contributed by atoms with E-state index in [1.165, 1.54) is 19.8 Å². The second-order valence-corrected chi connectivity index (χ2v) is 4.51. The van der Waals surface area contributed by atoms with Crippen LogP contribution >= 0.6 is 12.4 Å². The molecular weight excluding hydrogens is 304 g/mol. The average Bonchev–Trinajstić information content (AvgIpc) is 2.50. The van der Waals surface area contributed by atoms with Gasteiger partial charge in [0.1, 0.15) is 0 Å². The third-order valence-electron chi connectivity index (χ3n) is 2.96. The lowest BCUT2D eigenvalue weighted by atomic mass is 10.2. The van der Waals surface area contributed by atoms with Crippen LogP contribution in [0.1, 0.15) is 11.1 Å². The largest absolute Gasteiger partial charge is 0.502 e. The van der Waals surface area contributed by atoms with E-state index in [1.54, 1.807) is 18.3 Å². The highest BCUT2D eigenvalue weighted by molar-refractivity contribution is 5.85. The van der Waals surface area contributed by atoms with E-state index in [9.17, 15) is 5.11 Å². The zero-order valence-electron chi connectivity index (χ0n) is 12.7. The standard InChI is InChI=1S/C16H18N2O3.ClH/c1-11-4-6-13(7-5-11)18-17-10-12-8-14(20-2)16(19)15(9-12)21-3;/h4-10,18-19H,1-3H3;1H. The maximum Gasteiger partial charge on any atom is 0.200 e. The molecule has 5 nitrogen and oxygen atoms in total. The number of phenols is 1. The lowest BCUT2D eigenvalue weighted by Crippen LogP contribution is -1.94. The van der Waals surface area contributed by atoms with Crippen LogP contribution in [0.5, 0.6) is 17.2 Å². The van der Waals surface area contributed by atoms with Crippen LogP contribution in [0.15, 0.2) is 41.5 Å². The molecule has 0 saturated carbocycles. The van der Waals surface area contributed by atoms with Crippen LogP contribution in [0, 0.1) is 6.92 Å². The average molecular weight is 323 g/mol. The van der Waals surface area contributed by atoms with Gasteiger partial charge in [0.05, 0.1) is 26.1 Å². The Labute approximate surface area is 136 Å². The number of methoxy groups -OCH3 is 2. The maximum atomic E-state index is 9.83. The minimum Gasteiger partial charge on any atom is -0.502 e. The Morgan fingerprint density at radius 1 is 1.05 bits per heavy atom. The summed E-state index contributed by atoms with van der Waals surface area (Å²) >= 11 is 0. The second-order valence-electron chi connectivity index (χ2n) is 4.51. The summed E-state index contributed by atoms with van der Waals surface area (Å²) in [5.41, 5.74) is 5.78. The van der Waals surface area contributed by atoms with Crippen molar-refractivity contribution in [3.8, 4) is 17.2 Å². The van der Waals surface area contributed by atoms with Crippen LogP contribution in [0.4, 0.5) is 5.69 Å².